The maximum absolute atomic E-state index is 11.7. The summed E-state index contributed by atoms with van der Waals surface area (Å²) in [5.74, 6) is -1.59. The highest BCUT2D eigenvalue weighted by Gasteiger charge is 2.37. The van der Waals surface area contributed by atoms with E-state index in [9.17, 15) is 18.0 Å². The van der Waals surface area contributed by atoms with Crippen molar-refractivity contribution in [2.45, 2.75) is 11.7 Å². The van der Waals surface area contributed by atoms with Gasteiger partial charge in [0.25, 0.3) is 0 Å². The Balaban J connectivity index is 2.23. The SMILES string of the molecule is NS(=O)(=O)C1CC(=O)N(c2ccc(C(=O)O)nn2)C1. The summed E-state index contributed by atoms with van der Waals surface area (Å²) in [5, 5.41) is 19.7. The van der Waals surface area contributed by atoms with Gasteiger partial charge >= 0.3 is 5.97 Å². The topological polar surface area (TPSA) is 144 Å². The molecule has 1 fully saturated rings. The summed E-state index contributed by atoms with van der Waals surface area (Å²) in [6.45, 7) is -0.112. The Hall–Kier alpha value is -2.07. The molecule has 1 aromatic heterocycles. The first-order valence-corrected chi connectivity index (χ1v) is 6.79. The summed E-state index contributed by atoms with van der Waals surface area (Å²) in [6.07, 6.45) is -0.221. The van der Waals surface area contributed by atoms with Crippen LogP contribution in [0.15, 0.2) is 12.1 Å². The van der Waals surface area contributed by atoms with E-state index in [0.29, 0.717) is 0 Å². The van der Waals surface area contributed by atoms with E-state index in [4.69, 9.17) is 10.2 Å². The Morgan fingerprint density at radius 2 is 2.11 bits per heavy atom. The highest BCUT2D eigenvalue weighted by molar-refractivity contribution is 7.89. The van der Waals surface area contributed by atoms with Gasteiger partial charge in [0.2, 0.25) is 15.9 Å². The molecule has 0 saturated carbocycles. The van der Waals surface area contributed by atoms with E-state index in [2.05, 4.69) is 10.2 Å². The fourth-order valence-corrected chi connectivity index (χ4v) is 2.43. The lowest BCUT2D eigenvalue weighted by Gasteiger charge is -2.14. The maximum atomic E-state index is 11.7. The molecule has 102 valence electrons. The summed E-state index contributed by atoms with van der Waals surface area (Å²) in [7, 11) is -3.80. The second-order valence-electron chi connectivity index (χ2n) is 4.00. The van der Waals surface area contributed by atoms with Crippen molar-refractivity contribution < 1.29 is 23.1 Å². The average Bonchev–Trinajstić information content (AvgIpc) is 2.71. The number of hydrogen-bond acceptors (Lipinski definition) is 6. The summed E-state index contributed by atoms with van der Waals surface area (Å²) >= 11 is 0. The Kier molecular flexibility index (Phi) is 3.20. The molecule has 0 radical (unpaired) electrons. The molecule has 1 saturated heterocycles. The van der Waals surface area contributed by atoms with Crippen LogP contribution in [-0.2, 0) is 14.8 Å². The number of amides is 1. The molecular formula is C9H10N4O5S. The average molecular weight is 286 g/mol. The first-order chi connectivity index (χ1) is 8.79. The molecule has 1 aliphatic heterocycles. The zero-order valence-electron chi connectivity index (χ0n) is 9.55. The summed E-state index contributed by atoms with van der Waals surface area (Å²) in [5.41, 5.74) is -0.265. The van der Waals surface area contributed by atoms with Gasteiger partial charge in [0.05, 0.1) is 0 Å². The third-order valence-corrected chi connectivity index (χ3v) is 3.95. The number of hydrogen-bond donors (Lipinski definition) is 2. The molecule has 1 amide bonds. The van der Waals surface area contributed by atoms with E-state index in [0.717, 1.165) is 4.90 Å². The number of carbonyl (C=O) groups excluding carboxylic acids is 1. The minimum Gasteiger partial charge on any atom is -0.476 e. The first-order valence-electron chi connectivity index (χ1n) is 5.18. The number of primary sulfonamides is 1. The number of carbonyl (C=O) groups is 2. The first kappa shape index (κ1) is 13.4. The number of aromatic carboxylic acids is 1. The number of sulfonamides is 1. The van der Waals surface area contributed by atoms with Crippen molar-refractivity contribution >= 4 is 27.7 Å². The number of anilines is 1. The van der Waals surface area contributed by atoms with Crippen molar-refractivity contribution in [1.29, 1.82) is 0 Å². The number of rotatable bonds is 3. The van der Waals surface area contributed by atoms with E-state index in [-0.39, 0.29) is 24.5 Å². The molecule has 2 rings (SSSR count). The van der Waals surface area contributed by atoms with E-state index in [1.165, 1.54) is 12.1 Å². The fourth-order valence-electron chi connectivity index (χ4n) is 1.70. The summed E-state index contributed by atoms with van der Waals surface area (Å²) in [6, 6.07) is 2.47. The molecule has 1 aromatic rings. The molecule has 10 heteroatoms. The Morgan fingerprint density at radius 3 is 2.53 bits per heavy atom. The van der Waals surface area contributed by atoms with Gasteiger partial charge in [-0.15, -0.1) is 10.2 Å². The molecule has 3 N–H and O–H groups in total. The van der Waals surface area contributed by atoms with Crippen molar-refractivity contribution in [3.05, 3.63) is 17.8 Å². The van der Waals surface area contributed by atoms with Gasteiger partial charge in [-0.1, -0.05) is 0 Å². The number of carboxylic acid groups (broad SMARTS) is 1. The fraction of sp³-hybridized carbons (Fsp3) is 0.333. The predicted octanol–water partition coefficient (Wildman–Crippen LogP) is -1.43. The van der Waals surface area contributed by atoms with E-state index >= 15 is 0 Å². The Labute approximate surface area is 108 Å². The number of nitrogens with zero attached hydrogens (tertiary/aromatic N) is 3. The monoisotopic (exact) mass is 286 g/mol. The van der Waals surface area contributed by atoms with Gasteiger partial charge in [-0.2, -0.15) is 0 Å². The Bertz CT molecular complexity index is 627. The number of nitrogens with two attached hydrogens (primary N) is 1. The predicted molar refractivity (Wildman–Crippen MR) is 62.9 cm³/mol. The van der Waals surface area contributed by atoms with Crippen molar-refractivity contribution in [3.8, 4) is 0 Å². The van der Waals surface area contributed by atoms with Crippen LogP contribution in [0.2, 0.25) is 0 Å². The van der Waals surface area contributed by atoms with Crippen LogP contribution in [0.3, 0.4) is 0 Å². The van der Waals surface area contributed by atoms with E-state index < -0.39 is 27.1 Å². The molecule has 1 atom stereocenters. The highest BCUT2D eigenvalue weighted by Crippen LogP contribution is 2.21. The second kappa shape index (κ2) is 4.55. The standard InChI is InChI=1S/C9H10N4O5S/c10-19(17,18)5-3-8(14)13(4-5)7-2-1-6(9(15)16)11-12-7/h1-2,5H,3-4H2,(H,15,16)(H2,10,17,18). The van der Waals surface area contributed by atoms with Crippen LogP contribution in [0.1, 0.15) is 16.9 Å². The summed E-state index contributed by atoms with van der Waals surface area (Å²) in [4.78, 5) is 23.4. The van der Waals surface area contributed by atoms with E-state index in [1.54, 1.807) is 0 Å². The van der Waals surface area contributed by atoms with Gasteiger partial charge in [0, 0.05) is 13.0 Å². The smallest absolute Gasteiger partial charge is 0.356 e. The van der Waals surface area contributed by atoms with E-state index in [1.807, 2.05) is 0 Å². The van der Waals surface area contributed by atoms with Gasteiger partial charge in [-0.25, -0.2) is 18.4 Å². The quantitative estimate of drug-likeness (QED) is 0.693. The van der Waals surface area contributed by atoms with Crippen LogP contribution in [0.25, 0.3) is 0 Å². The molecule has 19 heavy (non-hydrogen) atoms. The largest absolute Gasteiger partial charge is 0.476 e. The highest BCUT2D eigenvalue weighted by atomic mass is 32.2. The zero-order valence-corrected chi connectivity index (χ0v) is 10.4. The number of carboxylic acids is 1. The zero-order chi connectivity index (χ0) is 14.2. The molecule has 2 heterocycles. The van der Waals surface area contributed by atoms with Crippen molar-refractivity contribution in [3.63, 3.8) is 0 Å². The van der Waals surface area contributed by atoms with Crippen molar-refractivity contribution in [1.82, 2.24) is 10.2 Å². The normalized spacial score (nSPS) is 19.7. The van der Waals surface area contributed by atoms with Crippen LogP contribution in [0.5, 0.6) is 0 Å². The minimum absolute atomic E-state index is 0.0983. The van der Waals surface area contributed by atoms with Crippen LogP contribution >= 0.6 is 0 Å². The van der Waals surface area contributed by atoms with Gasteiger partial charge < -0.3 is 5.11 Å². The van der Waals surface area contributed by atoms with Crippen molar-refractivity contribution in [2.75, 3.05) is 11.4 Å². The number of aromatic nitrogens is 2. The molecule has 1 aliphatic rings. The molecule has 9 nitrogen and oxygen atoms in total. The second-order valence-corrected chi connectivity index (χ2v) is 5.85. The molecule has 0 spiro atoms. The third-order valence-electron chi connectivity index (χ3n) is 2.70. The van der Waals surface area contributed by atoms with Crippen LogP contribution in [0, 0.1) is 0 Å². The molecule has 1 unspecified atom stereocenters. The molecular weight excluding hydrogens is 276 g/mol. The summed E-state index contributed by atoms with van der Waals surface area (Å²) < 4.78 is 22.4. The van der Waals surface area contributed by atoms with Crippen LogP contribution in [0.4, 0.5) is 5.82 Å². The van der Waals surface area contributed by atoms with Gasteiger partial charge in [0.1, 0.15) is 5.25 Å². The molecule has 0 aromatic carbocycles. The van der Waals surface area contributed by atoms with Gasteiger partial charge in [-0.3, -0.25) is 9.69 Å². The lowest BCUT2D eigenvalue weighted by atomic mass is 10.4. The molecule has 0 bridgehead atoms. The maximum Gasteiger partial charge on any atom is 0.356 e. The lowest BCUT2D eigenvalue weighted by Crippen LogP contribution is -2.32. The van der Waals surface area contributed by atoms with Crippen LogP contribution in [-0.4, -0.2) is 47.4 Å². The van der Waals surface area contributed by atoms with Gasteiger partial charge in [0.15, 0.2) is 11.5 Å². The van der Waals surface area contributed by atoms with Crippen molar-refractivity contribution in [2.24, 2.45) is 5.14 Å². The Morgan fingerprint density at radius 1 is 1.42 bits per heavy atom. The van der Waals surface area contributed by atoms with Crippen LogP contribution < -0.4 is 10.0 Å². The molecule has 0 aliphatic carbocycles. The lowest BCUT2D eigenvalue weighted by molar-refractivity contribution is -0.117. The third kappa shape index (κ3) is 2.69. The minimum atomic E-state index is -3.80. The van der Waals surface area contributed by atoms with Gasteiger partial charge in [-0.05, 0) is 12.1 Å².